The largest absolute Gasteiger partial charge is 0.480 e. The van der Waals surface area contributed by atoms with Crippen LogP contribution in [0, 0.1) is 10.1 Å². The van der Waals surface area contributed by atoms with Crippen LogP contribution in [0.5, 0.6) is 0 Å². The number of rotatable bonds is 5. The number of carbonyl (C=O) groups excluding carboxylic acids is 1. The van der Waals surface area contributed by atoms with Crippen LogP contribution in [0.25, 0.3) is 0 Å². The van der Waals surface area contributed by atoms with Gasteiger partial charge in [0.1, 0.15) is 6.04 Å². The van der Waals surface area contributed by atoms with E-state index in [2.05, 4.69) is 10.4 Å². The third-order valence-corrected chi connectivity index (χ3v) is 3.32. The molecule has 0 saturated heterocycles. The fraction of sp³-hybridized carbons (Fsp3) is 0.154. The lowest BCUT2D eigenvalue weighted by atomic mass is 10.2. The summed E-state index contributed by atoms with van der Waals surface area (Å²) in [5.74, 6) is -1.70. The summed E-state index contributed by atoms with van der Waals surface area (Å²) in [6.45, 7) is 1.42. The Hall–Kier alpha value is -2.94. The van der Waals surface area contributed by atoms with Crippen molar-refractivity contribution in [2.45, 2.75) is 13.0 Å². The first-order valence-corrected chi connectivity index (χ1v) is 6.70. The number of hydrogen-bond donors (Lipinski definition) is 2. The van der Waals surface area contributed by atoms with Crippen LogP contribution in [0.1, 0.15) is 23.5 Å². The van der Waals surface area contributed by atoms with Crippen LogP contribution in [0.2, 0.25) is 5.02 Å². The van der Waals surface area contributed by atoms with Crippen LogP contribution in [-0.2, 0) is 4.79 Å². The van der Waals surface area contributed by atoms with Crippen molar-refractivity contribution in [2.75, 3.05) is 5.32 Å². The van der Waals surface area contributed by atoms with Crippen LogP contribution < -0.4 is 5.32 Å². The van der Waals surface area contributed by atoms with Gasteiger partial charge >= 0.3 is 5.97 Å². The number of hydrogen-bond acceptors (Lipinski definition) is 5. The number of non-ortho nitro benzene ring substituents is 1. The first-order chi connectivity index (χ1) is 10.8. The number of carboxylic acids is 1. The molecule has 1 aromatic heterocycles. The van der Waals surface area contributed by atoms with E-state index in [0.717, 1.165) is 10.7 Å². The summed E-state index contributed by atoms with van der Waals surface area (Å²) in [4.78, 5) is 33.0. The van der Waals surface area contributed by atoms with Crippen LogP contribution >= 0.6 is 11.6 Å². The number of carbonyl (C=O) groups is 2. The third kappa shape index (κ3) is 3.64. The van der Waals surface area contributed by atoms with Gasteiger partial charge in [-0.05, 0) is 19.1 Å². The fourth-order valence-corrected chi connectivity index (χ4v) is 1.92. The van der Waals surface area contributed by atoms with Crippen molar-refractivity contribution >= 4 is 34.9 Å². The number of aromatic nitrogens is 2. The van der Waals surface area contributed by atoms with Gasteiger partial charge in [-0.3, -0.25) is 19.6 Å². The van der Waals surface area contributed by atoms with Crippen molar-refractivity contribution in [3.8, 4) is 0 Å². The van der Waals surface area contributed by atoms with Crippen molar-refractivity contribution in [2.24, 2.45) is 0 Å². The second kappa shape index (κ2) is 6.44. The minimum atomic E-state index is -1.08. The van der Waals surface area contributed by atoms with E-state index in [9.17, 15) is 19.7 Å². The normalized spacial score (nSPS) is 11.7. The molecular formula is C13H11ClN4O5. The highest BCUT2D eigenvalue weighted by molar-refractivity contribution is 6.34. The molecule has 0 bridgehead atoms. The second-order valence-corrected chi connectivity index (χ2v) is 4.98. The monoisotopic (exact) mass is 338 g/mol. The van der Waals surface area contributed by atoms with E-state index >= 15 is 0 Å². The SMILES string of the molecule is CC(C(=O)O)n1ccc(C(=O)Nc2ccc([N+](=O)[O-])cc2Cl)n1. The summed E-state index contributed by atoms with van der Waals surface area (Å²) >= 11 is 5.88. The minimum absolute atomic E-state index is 0.00545. The van der Waals surface area contributed by atoms with Crippen LogP contribution in [-0.4, -0.2) is 31.7 Å². The van der Waals surface area contributed by atoms with E-state index in [4.69, 9.17) is 16.7 Å². The maximum atomic E-state index is 12.1. The molecule has 0 fully saturated rings. The molecule has 2 N–H and O–H groups in total. The van der Waals surface area contributed by atoms with Gasteiger partial charge in [0, 0.05) is 18.3 Å². The molecule has 1 amide bonds. The summed E-state index contributed by atoms with van der Waals surface area (Å²) in [7, 11) is 0. The molecular weight excluding hydrogens is 328 g/mol. The van der Waals surface area contributed by atoms with E-state index in [-0.39, 0.29) is 22.1 Å². The van der Waals surface area contributed by atoms with Crippen molar-refractivity contribution in [3.05, 3.63) is 51.3 Å². The Morgan fingerprint density at radius 2 is 2.13 bits per heavy atom. The molecule has 0 aliphatic heterocycles. The molecule has 1 atom stereocenters. The number of nitro groups is 1. The molecule has 1 heterocycles. The van der Waals surface area contributed by atoms with Crippen molar-refractivity contribution in [3.63, 3.8) is 0 Å². The zero-order valence-corrected chi connectivity index (χ0v) is 12.5. The maximum Gasteiger partial charge on any atom is 0.328 e. The Kier molecular flexibility index (Phi) is 4.60. The van der Waals surface area contributed by atoms with Crippen molar-refractivity contribution in [1.82, 2.24) is 9.78 Å². The van der Waals surface area contributed by atoms with Gasteiger partial charge in [-0.15, -0.1) is 0 Å². The first kappa shape index (κ1) is 16.4. The number of benzene rings is 1. The van der Waals surface area contributed by atoms with Crippen molar-refractivity contribution < 1.29 is 19.6 Å². The number of halogens is 1. The summed E-state index contributed by atoms with van der Waals surface area (Å²) in [5.41, 5.74) is -0.0248. The Morgan fingerprint density at radius 1 is 1.43 bits per heavy atom. The van der Waals surface area contributed by atoms with Gasteiger partial charge in [-0.1, -0.05) is 11.6 Å². The van der Waals surface area contributed by atoms with Gasteiger partial charge in [-0.2, -0.15) is 5.10 Å². The van der Waals surface area contributed by atoms with Gasteiger partial charge in [0.15, 0.2) is 5.69 Å². The molecule has 0 aliphatic carbocycles. The van der Waals surface area contributed by atoms with Gasteiger partial charge < -0.3 is 10.4 Å². The number of aliphatic carboxylic acids is 1. The van der Waals surface area contributed by atoms with Gasteiger partial charge in [0.25, 0.3) is 11.6 Å². The fourth-order valence-electron chi connectivity index (χ4n) is 1.69. The molecule has 23 heavy (non-hydrogen) atoms. The standard InChI is InChI=1S/C13H11ClN4O5/c1-7(13(20)21)17-5-4-11(16-17)12(19)15-10-3-2-8(18(22)23)6-9(10)14/h2-7H,1H3,(H,15,19)(H,20,21). The number of carboxylic acid groups (broad SMARTS) is 1. The lowest BCUT2D eigenvalue weighted by Gasteiger charge is -2.07. The lowest BCUT2D eigenvalue weighted by Crippen LogP contribution is -2.18. The van der Waals surface area contributed by atoms with Gasteiger partial charge in [-0.25, -0.2) is 4.79 Å². The minimum Gasteiger partial charge on any atom is -0.480 e. The molecule has 0 radical (unpaired) electrons. The smallest absolute Gasteiger partial charge is 0.328 e. The Morgan fingerprint density at radius 3 is 2.70 bits per heavy atom. The molecule has 2 rings (SSSR count). The first-order valence-electron chi connectivity index (χ1n) is 6.33. The summed E-state index contributed by atoms with van der Waals surface area (Å²) in [5, 5.41) is 25.9. The Labute approximate surface area is 134 Å². The average molecular weight is 339 g/mol. The molecule has 120 valence electrons. The van der Waals surface area contributed by atoms with E-state index in [0.29, 0.717) is 0 Å². The topological polar surface area (TPSA) is 127 Å². The zero-order valence-electron chi connectivity index (χ0n) is 11.8. The molecule has 9 nitrogen and oxygen atoms in total. The number of amides is 1. The predicted octanol–water partition coefficient (Wildman–Crippen LogP) is 2.34. The molecule has 0 spiro atoms. The maximum absolute atomic E-state index is 12.1. The highest BCUT2D eigenvalue weighted by atomic mass is 35.5. The van der Waals surface area contributed by atoms with Crippen LogP contribution in [0.4, 0.5) is 11.4 Å². The molecule has 0 aliphatic rings. The summed E-state index contributed by atoms with van der Waals surface area (Å²) in [6.07, 6.45) is 1.37. The number of nitrogens with one attached hydrogen (secondary N) is 1. The number of nitro benzene ring substituents is 1. The highest BCUT2D eigenvalue weighted by Crippen LogP contribution is 2.26. The zero-order chi connectivity index (χ0) is 17.1. The molecule has 0 saturated carbocycles. The second-order valence-electron chi connectivity index (χ2n) is 4.57. The quantitative estimate of drug-likeness (QED) is 0.636. The van der Waals surface area contributed by atoms with Gasteiger partial charge in [0.05, 0.1) is 15.6 Å². The average Bonchev–Trinajstić information content (AvgIpc) is 2.98. The Balaban J connectivity index is 2.16. The van der Waals surface area contributed by atoms with Crippen LogP contribution in [0.3, 0.4) is 0 Å². The predicted molar refractivity (Wildman–Crippen MR) is 80.6 cm³/mol. The lowest BCUT2D eigenvalue weighted by molar-refractivity contribution is -0.384. The molecule has 1 aromatic carbocycles. The molecule has 10 heteroatoms. The van der Waals surface area contributed by atoms with Crippen LogP contribution in [0.15, 0.2) is 30.5 Å². The van der Waals surface area contributed by atoms with E-state index in [1.807, 2.05) is 0 Å². The Bertz CT molecular complexity index is 788. The highest BCUT2D eigenvalue weighted by Gasteiger charge is 2.18. The number of anilines is 1. The third-order valence-electron chi connectivity index (χ3n) is 3.01. The van der Waals surface area contributed by atoms with E-state index in [1.54, 1.807) is 0 Å². The molecule has 1 unspecified atom stereocenters. The molecule has 2 aromatic rings. The van der Waals surface area contributed by atoms with E-state index < -0.39 is 22.8 Å². The van der Waals surface area contributed by atoms with Gasteiger partial charge in [0.2, 0.25) is 0 Å². The summed E-state index contributed by atoms with van der Waals surface area (Å²) in [6, 6.07) is 4.05. The summed E-state index contributed by atoms with van der Waals surface area (Å²) < 4.78 is 1.13. The number of nitrogens with zero attached hydrogens (tertiary/aromatic N) is 3. The van der Waals surface area contributed by atoms with Crippen molar-refractivity contribution in [1.29, 1.82) is 0 Å². The van der Waals surface area contributed by atoms with E-state index in [1.165, 1.54) is 31.3 Å².